The van der Waals surface area contributed by atoms with Gasteiger partial charge in [0.15, 0.2) is 0 Å². The second-order valence-corrected chi connectivity index (χ2v) is 5.78. The number of aliphatic hydroxyl groups is 1. The van der Waals surface area contributed by atoms with Crippen LogP contribution in [0.15, 0.2) is 24.3 Å². The average Bonchev–Trinajstić information content (AvgIpc) is 2.49. The third kappa shape index (κ3) is 4.29. The van der Waals surface area contributed by atoms with Gasteiger partial charge in [0.2, 0.25) is 0 Å². The first-order valence-corrected chi connectivity index (χ1v) is 7.88. The minimum Gasteiger partial charge on any atom is -0.388 e. The SMILES string of the molecule is CCN(CCC(O)c1ccc(F)cc1)C1CCCCC1. The topological polar surface area (TPSA) is 23.5 Å². The molecule has 2 rings (SSSR count). The van der Waals surface area contributed by atoms with Gasteiger partial charge in [-0.3, -0.25) is 0 Å². The molecule has 0 amide bonds. The third-order valence-corrected chi connectivity index (χ3v) is 4.44. The van der Waals surface area contributed by atoms with Crippen LogP contribution >= 0.6 is 0 Å². The van der Waals surface area contributed by atoms with Crippen molar-refractivity contribution in [2.24, 2.45) is 0 Å². The number of halogens is 1. The highest BCUT2D eigenvalue weighted by molar-refractivity contribution is 5.18. The second kappa shape index (κ2) is 7.75. The Balaban J connectivity index is 1.84. The van der Waals surface area contributed by atoms with E-state index in [1.54, 1.807) is 12.1 Å². The van der Waals surface area contributed by atoms with Crippen molar-refractivity contribution in [3.63, 3.8) is 0 Å². The van der Waals surface area contributed by atoms with Crippen molar-refractivity contribution in [3.05, 3.63) is 35.6 Å². The van der Waals surface area contributed by atoms with Crippen LogP contribution in [0.2, 0.25) is 0 Å². The molecule has 0 spiro atoms. The minimum atomic E-state index is -0.492. The lowest BCUT2D eigenvalue weighted by Gasteiger charge is -2.34. The molecule has 1 fully saturated rings. The van der Waals surface area contributed by atoms with Gasteiger partial charge in [0.1, 0.15) is 5.82 Å². The lowest BCUT2D eigenvalue weighted by Crippen LogP contribution is -2.37. The van der Waals surface area contributed by atoms with E-state index < -0.39 is 6.10 Å². The van der Waals surface area contributed by atoms with Crippen molar-refractivity contribution in [2.75, 3.05) is 13.1 Å². The Labute approximate surface area is 121 Å². The molecule has 1 aliphatic rings. The number of rotatable bonds is 6. The summed E-state index contributed by atoms with van der Waals surface area (Å²) in [6.45, 7) is 4.15. The number of benzene rings is 1. The van der Waals surface area contributed by atoms with Crippen molar-refractivity contribution in [1.82, 2.24) is 4.90 Å². The van der Waals surface area contributed by atoms with E-state index in [0.717, 1.165) is 25.1 Å². The van der Waals surface area contributed by atoms with Gasteiger partial charge in [0.25, 0.3) is 0 Å². The highest BCUT2D eigenvalue weighted by atomic mass is 19.1. The summed E-state index contributed by atoms with van der Waals surface area (Å²) in [4.78, 5) is 2.49. The molecule has 1 atom stereocenters. The first-order valence-electron chi connectivity index (χ1n) is 7.88. The number of hydrogen-bond donors (Lipinski definition) is 1. The Morgan fingerprint density at radius 2 is 1.85 bits per heavy atom. The van der Waals surface area contributed by atoms with E-state index in [1.807, 2.05) is 0 Å². The Hall–Kier alpha value is -0.930. The van der Waals surface area contributed by atoms with Gasteiger partial charge >= 0.3 is 0 Å². The molecule has 1 unspecified atom stereocenters. The summed E-state index contributed by atoms with van der Waals surface area (Å²) in [5.74, 6) is -0.252. The fraction of sp³-hybridized carbons (Fsp3) is 0.647. The van der Waals surface area contributed by atoms with E-state index in [4.69, 9.17) is 0 Å². The molecular formula is C17H26FNO. The molecule has 0 aliphatic heterocycles. The molecule has 20 heavy (non-hydrogen) atoms. The van der Waals surface area contributed by atoms with Crippen LogP contribution in [0.1, 0.15) is 57.1 Å². The molecule has 1 aliphatic carbocycles. The van der Waals surface area contributed by atoms with Crippen LogP contribution in [0.25, 0.3) is 0 Å². The zero-order valence-corrected chi connectivity index (χ0v) is 12.4. The molecule has 0 aromatic heterocycles. The highest BCUT2D eigenvalue weighted by Gasteiger charge is 2.20. The maximum Gasteiger partial charge on any atom is 0.123 e. The quantitative estimate of drug-likeness (QED) is 0.853. The third-order valence-electron chi connectivity index (χ3n) is 4.44. The van der Waals surface area contributed by atoms with E-state index in [0.29, 0.717) is 6.04 Å². The Morgan fingerprint density at radius 1 is 1.20 bits per heavy atom. The molecule has 1 aromatic carbocycles. The van der Waals surface area contributed by atoms with Crippen molar-refractivity contribution in [1.29, 1.82) is 0 Å². The zero-order chi connectivity index (χ0) is 14.4. The maximum atomic E-state index is 12.9. The van der Waals surface area contributed by atoms with E-state index in [9.17, 15) is 9.50 Å². The van der Waals surface area contributed by atoms with E-state index >= 15 is 0 Å². The fourth-order valence-electron chi connectivity index (χ4n) is 3.18. The van der Waals surface area contributed by atoms with Crippen LogP contribution in [-0.4, -0.2) is 29.1 Å². The molecule has 0 bridgehead atoms. The number of aliphatic hydroxyl groups excluding tert-OH is 1. The van der Waals surface area contributed by atoms with Crippen molar-refractivity contribution in [2.45, 2.75) is 57.6 Å². The van der Waals surface area contributed by atoms with E-state index in [-0.39, 0.29) is 5.82 Å². The van der Waals surface area contributed by atoms with Gasteiger partial charge < -0.3 is 10.0 Å². The maximum absolute atomic E-state index is 12.9. The van der Waals surface area contributed by atoms with Crippen LogP contribution in [0.5, 0.6) is 0 Å². The van der Waals surface area contributed by atoms with E-state index in [2.05, 4.69) is 11.8 Å². The number of nitrogens with zero attached hydrogens (tertiary/aromatic N) is 1. The summed E-state index contributed by atoms with van der Waals surface area (Å²) < 4.78 is 12.9. The standard InChI is InChI=1S/C17H26FNO/c1-2-19(16-6-4-3-5-7-16)13-12-17(20)14-8-10-15(18)11-9-14/h8-11,16-17,20H,2-7,12-13H2,1H3. The Bertz CT molecular complexity index is 386. The first kappa shape index (κ1) is 15.5. The van der Waals surface area contributed by atoms with Crippen LogP contribution in [0.3, 0.4) is 0 Å². The van der Waals surface area contributed by atoms with Crippen LogP contribution in [-0.2, 0) is 0 Å². The summed E-state index contributed by atoms with van der Waals surface area (Å²) in [5, 5.41) is 10.2. The molecule has 1 N–H and O–H groups in total. The zero-order valence-electron chi connectivity index (χ0n) is 12.4. The molecule has 0 radical (unpaired) electrons. The van der Waals surface area contributed by atoms with Gasteiger partial charge in [0.05, 0.1) is 6.10 Å². The monoisotopic (exact) mass is 279 g/mol. The molecule has 0 saturated heterocycles. The average molecular weight is 279 g/mol. The largest absolute Gasteiger partial charge is 0.388 e. The lowest BCUT2D eigenvalue weighted by atomic mass is 9.94. The van der Waals surface area contributed by atoms with Gasteiger partial charge in [-0.15, -0.1) is 0 Å². The Morgan fingerprint density at radius 3 is 2.45 bits per heavy atom. The van der Waals surface area contributed by atoms with Crippen molar-refractivity contribution < 1.29 is 9.50 Å². The molecule has 112 valence electrons. The molecule has 0 heterocycles. The molecular weight excluding hydrogens is 253 g/mol. The normalized spacial score (nSPS) is 18.4. The van der Waals surface area contributed by atoms with Crippen LogP contribution < -0.4 is 0 Å². The van der Waals surface area contributed by atoms with Gasteiger partial charge in [-0.05, 0) is 43.5 Å². The summed E-state index contributed by atoms with van der Waals surface area (Å²) >= 11 is 0. The highest BCUT2D eigenvalue weighted by Crippen LogP contribution is 2.24. The minimum absolute atomic E-state index is 0.252. The summed E-state index contributed by atoms with van der Waals surface area (Å²) in [5.41, 5.74) is 0.811. The summed E-state index contributed by atoms with van der Waals surface area (Å²) in [7, 11) is 0. The van der Waals surface area contributed by atoms with E-state index in [1.165, 1.54) is 44.2 Å². The van der Waals surface area contributed by atoms with Gasteiger partial charge in [-0.2, -0.15) is 0 Å². The smallest absolute Gasteiger partial charge is 0.123 e. The predicted molar refractivity (Wildman–Crippen MR) is 80.1 cm³/mol. The fourth-order valence-corrected chi connectivity index (χ4v) is 3.18. The summed E-state index contributed by atoms with van der Waals surface area (Å²) in [6, 6.07) is 6.87. The van der Waals surface area contributed by atoms with Crippen LogP contribution in [0.4, 0.5) is 4.39 Å². The van der Waals surface area contributed by atoms with Gasteiger partial charge in [-0.1, -0.05) is 38.3 Å². The van der Waals surface area contributed by atoms with Crippen molar-refractivity contribution in [3.8, 4) is 0 Å². The summed E-state index contributed by atoms with van der Waals surface area (Å²) in [6.07, 6.45) is 6.85. The van der Waals surface area contributed by atoms with Gasteiger partial charge in [0, 0.05) is 12.6 Å². The first-order chi connectivity index (χ1) is 9.70. The van der Waals surface area contributed by atoms with Gasteiger partial charge in [-0.25, -0.2) is 4.39 Å². The van der Waals surface area contributed by atoms with Crippen molar-refractivity contribution >= 4 is 0 Å². The lowest BCUT2D eigenvalue weighted by molar-refractivity contribution is 0.112. The number of hydrogen-bond acceptors (Lipinski definition) is 2. The molecule has 1 aromatic rings. The second-order valence-electron chi connectivity index (χ2n) is 5.78. The molecule has 3 heteroatoms. The molecule has 2 nitrogen and oxygen atoms in total. The Kier molecular flexibility index (Phi) is 5.99. The van der Waals surface area contributed by atoms with Crippen LogP contribution in [0, 0.1) is 5.82 Å². The molecule has 1 saturated carbocycles. The predicted octanol–water partition coefficient (Wildman–Crippen LogP) is 3.90.